The van der Waals surface area contributed by atoms with Crippen LogP contribution in [0.2, 0.25) is 0 Å². The molecule has 1 unspecified atom stereocenters. The highest BCUT2D eigenvalue weighted by Gasteiger charge is 2.09. The first kappa shape index (κ1) is 14.9. The second-order valence-corrected chi connectivity index (χ2v) is 5.51. The molecule has 0 fully saturated rings. The maximum absolute atomic E-state index is 6.06. The van der Waals surface area contributed by atoms with Gasteiger partial charge in [-0.2, -0.15) is 0 Å². The Kier molecular flexibility index (Phi) is 5.42. The second kappa shape index (κ2) is 7.30. The van der Waals surface area contributed by atoms with Crippen LogP contribution in [-0.2, 0) is 6.42 Å². The third-order valence-electron chi connectivity index (χ3n) is 3.70. The summed E-state index contributed by atoms with van der Waals surface area (Å²) in [5.41, 5.74) is 7.01. The molecule has 0 aliphatic carbocycles. The highest BCUT2D eigenvalue weighted by Crippen LogP contribution is 2.29. The van der Waals surface area contributed by atoms with Gasteiger partial charge in [-0.25, -0.2) is 0 Å². The average Bonchev–Trinajstić information content (AvgIpc) is 2.47. The van der Waals surface area contributed by atoms with E-state index in [0.29, 0.717) is 12.5 Å². The fraction of sp³-hybridized carbons (Fsp3) is 0.444. The van der Waals surface area contributed by atoms with Gasteiger partial charge in [0, 0.05) is 5.56 Å². The number of hydrogen-bond donors (Lipinski definition) is 1. The molecule has 2 rings (SSSR count). The Balaban J connectivity index is 2.25. The number of ether oxygens (including phenoxy) is 1. The van der Waals surface area contributed by atoms with Crippen molar-refractivity contribution in [2.24, 2.45) is 11.7 Å². The molecule has 2 aromatic rings. The van der Waals surface area contributed by atoms with Gasteiger partial charge in [-0.15, -0.1) is 0 Å². The predicted octanol–water partition coefficient (Wildman–Crippen LogP) is 4.16. The summed E-state index contributed by atoms with van der Waals surface area (Å²) in [6.07, 6.45) is 3.27. The monoisotopic (exact) mass is 271 g/mol. The van der Waals surface area contributed by atoms with Gasteiger partial charge in [-0.3, -0.25) is 0 Å². The zero-order chi connectivity index (χ0) is 14.4. The summed E-state index contributed by atoms with van der Waals surface area (Å²) in [5.74, 6) is 1.59. The molecule has 0 spiro atoms. The van der Waals surface area contributed by atoms with Crippen LogP contribution in [0.25, 0.3) is 10.8 Å². The molecule has 0 aromatic heterocycles. The van der Waals surface area contributed by atoms with Gasteiger partial charge in [0.2, 0.25) is 0 Å². The first-order valence-corrected chi connectivity index (χ1v) is 7.59. The van der Waals surface area contributed by atoms with Gasteiger partial charge in [-0.05, 0) is 42.1 Å². The molecule has 2 aromatic carbocycles. The van der Waals surface area contributed by atoms with Crippen LogP contribution in [0.4, 0.5) is 0 Å². The molecule has 0 aliphatic heterocycles. The highest BCUT2D eigenvalue weighted by molar-refractivity contribution is 5.87. The van der Waals surface area contributed by atoms with Gasteiger partial charge >= 0.3 is 0 Å². The normalized spacial score (nSPS) is 12.6. The van der Waals surface area contributed by atoms with Gasteiger partial charge in [0.1, 0.15) is 5.75 Å². The van der Waals surface area contributed by atoms with E-state index in [4.69, 9.17) is 10.5 Å². The van der Waals surface area contributed by atoms with Crippen LogP contribution in [0, 0.1) is 5.92 Å². The van der Waals surface area contributed by atoms with Crippen LogP contribution in [0.3, 0.4) is 0 Å². The van der Waals surface area contributed by atoms with Crippen LogP contribution in [0.1, 0.15) is 32.3 Å². The smallest absolute Gasteiger partial charge is 0.123 e. The lowest BCUT2D eigenvalue weighted by molar-refractivity contribution is 0.250. The Hall–Kier alpha value is -1.54. The van der Waals surface area contributed by atoms with E-state index in [1.165, 1.54) is 29.2 Å². The maximum Gasteiger partial charge on any atom is 0.123 e. The Morgan fingerprint density at radius 1 is 1.15 bits per heavy atom. The van der Waals surface area contributed by atoms with Crippen LogP contribution >= 0.6 is 0 Å². The van der Waals surface area contributed by atoms with Crippen molar-refractivity contribution in [3.63, 3.8) is 0 Å². The lowest BCUT2D eigenvalue weighted by Gasteiger charge is -2.16. The van der Waals surface area contributed by atoms with E-state index >= 15 is 0 Å². The zero-order valence-corrected chi connectivity index (χ0v) is 12.6. The fourth-order valence-corrected chi connectivity index (χ4v) is 2.66. The lowest BCUT2D eigenvalue weighted by Crippen LogP contribution is -2.11. The van der Waals surface area contributed by atoms with Crippen molar-refractivity contribution in [3.8, 4) is 5.75 Å². The standard InChI is InChI=1S/C18H25NO/c1-3-6-14(2)13-20-18-10-9-15-7-4-5-8-16(15)17(18)11-12-19/h4-5,7-10,14H,3,6,11-13,19H2,1-2H3. The number of hydrogen-bond acceptors (Lipinski definition) is 2. The minimum atomic E-state index is 0.595. The molecule has 0 heterocycles. The number of benzene rings is 2. The van der Waals surface area contributed by atoms with Crippen molar-refractivity contribution < 1.29 is 4.74 Å². The molecular weight excluding hydrogens is 246 g/mol. The molecule has 1 atom stereocenters. The molecule has 2 N–H and O–H groups in total. The minimum absolute atomic E-state index is 0.595. The SMILES string of the molecule is CCCC(C)COc1ccc2ccccc2c1CCN. The number of fused-ring (bicyclic) bond motifs is 1. The quantitative estimate of drug-likeness (QED) is 0.820. The molecule has 2 nitrogen and oxygen atoms in total. The molecule has 0 bridgehead atoms. The Morgan fingerprint density at radius 2 is 1.95 bits per heavy atom. The number of nitrogens with two attached hydrogens (primary N) is 1. The van der Waals surface area contributed by atoms with Crippen LogP contribution < -0.4 is 10.5 Å². The molecule has 0 aliphatic rings. The third-order valence-corrected chi connectivity index (χ3v) is 3.70. The third kappa shape index (κ3) is 3.51. The molecule has 0 saturated heterocycles. The fourth-order valence-electron chi connectivity index (χ4n) is 2.66. The van der Waals surface area contributed by atoms with Crippen molar-refractivity contribution in [3.05, 3.63) is 42.0 Å². The molecule has 0 saturated carbocycles. The van der Waals surface area contributed by atoms with Crippen molar-refractivity contribution in [1.29, 1.82) is 0 Å². The molecule has 0 amide bonds. The van der Waals surface area contributed by atoms with Crippen molar-refractivity contribution in [2.75, 3.05) is 13.2 Å². The topological polar surface area (TPSA) is 35.2 Å². The first-order valence-electron chi connectivity index (χ1n) is 7.59. The zero-order valence-electron chi connectivity index (χ0n) is 12.6. The van der Waals surface area contributed by atoms with Crippen molar-refractivity contribution >= 4 is 10.8 Å². The van der Waals surface area contributed by atoms with E-state index in [9.17, 15) is 0 Å². The Morgan fingerprint density at radius 3 is 2.70 bits per heavy atom. The predicted molar refractivity (Wildman–Crippen MR) is 86.3 cm³/mol. The highest BCUT2D eigenvalue weighted by atomic mass is 16.5. The summed E-state index contributed by atoms with van der Waals surface area (Å²) < 4.78 is 6.06. The van der Waals surface area contributed by atoms with Crippen molar-refractivity contribution in [2.45, 2.75) is 33.1 Å². The van der Waals surface area contributed by atoms with E-state index < -0.39 is 0 Å². The van der Waals surface area contributed by atoms with Gasteiger partial charge in [-0.1, -0.05) is 50.6 Å². The molecule has 108 valence electrons. The summed E-state index contributed by atoms with van der Waals surface area (Å²) in [6, 6.07) is 12.7. The minimum Gasteiger partial charge on any atom is -0.493 e. The average molecular weight is 271 g/mol. The van der Waals surface area contributed by atoms with Gasteiger partial charge in [0.25, 0.3) is 0 Å². The van der Waals surface area contributed by atoms with Gasteiger partial charge < -0.3 is 10.5 Å². The van der Waals surface area contributed by atoms with Crippen LogP contribution in [0.15, 0.2) is 36.4 Å². The van der Waals surface area contributed by atoms with Gasteiger partial charge in [0.15, 0.2) is 0 Å². The van der Waals surface area contributed by atoms with Gasteiger partial charge in [0.05, 0.1) is 6.61 Å². The Bertz CT molecular complexity index is 550. The summed E-state index contributed by atoms with van der Waals surface area (Å²) in [5, 5.41) is 2.52. The van der Waals surface area contributed by atoms with E-state index in [1.54, 1.807) is 0 Å². The lowest BCUT2D eigenvalue weighted by atomic mass is 10.0. The summed E-state index contributed by atoms with van der Waals surface area (Å²) in [7, 11) is 0. The number of rotatable bonds is 7. The van der Waals surface area contributed by atoms with E-state index in [0.717, 1.165) is 18.8 Å². The summed E-state index contributed by atoms with van der Waals surface area (Å²) >= 11 is 0. The second-order valence-electron chi connectivity index (χ2n) is 5.51. The van der Waals surface area contributed by atoms with E-state index in [1.807, 2.05) is 0 Å². The molecule has 20 heavy (non-hydrogen) atoms. The molecule has 0 radical (unpaired) electrons. The van der Waals surface area contributed by atoms with Crippen LogP contribution in [-0.4, -0.2) is 13.2 Å². The van der Waals surface area contributed by atoms with E-state index in [2.05, 4.69) is 50.2 Å². The Labute approximate surface area is 121 Å². The summed E-state index contributed by atoms with van der Waals surface area (Å²) in [4.78, 5) is 0. The van der Waals surface area contributed by atoms with Crippen molar-refractivity contribution in [1.82, 2.24) is 0 Å². The summed E-state index contributed by atoms with van der Waals surface area (Å²) in [6.45, 7) is 5.89. The first-order chi connectivity index (χ1) is 9.76. The van der Waals surface area contributed by atoms with E-state index in [-0.39, 0.29) is 0 Å². The molecular formula is C18H25NO. The molecule has 2 heteroatoms. The maximum atomic E-state index is 6.06. The largest absolute Gasteiger partial charge is 0.493 e. The van der Waals surface area contributed by atoms with Crippen LogP contribution in [0.5, 0.6) is 5.75 Å².